The molecule has 1 saturated heterocycles. The predicted octanol–water partition coefficient (Wildman–Crippen LogP) is 3.60. The Bertz CT molecular complexity index is 785. The van der Waals surface area contributed by atoms with E-state index in [1.807, 2.05) is 34.6 Å². The lowest BCUT2D eigenvalue weighted by molar-refractivity contribution is -0.385. The highest BCUT2D eigenvalue weighted by Gasteiger charge is 2.41. The van der Waals surface area contributed by atoms with Crippen LogP contribution in [0.5, 0.6) is 5.75 Å². The van der Waals surface area contributed by atoms with Crippen molar-refractivity contribution in [3.05, 3.63) is 32.9 Å². The van der Waals surface area contributed by atoms with Gasteiger partial charge < -0.3 is 14.6 Å². The van der Waals surface area contributed by atoms with Gasteiger partial charge in [-0.1, -0.05) is 20.8 Å². The fraction of sp³-hybridized carbons (Fsp3) is 0.650. The van der Waals surface area contributed by atoms with Crippen LogP contribution in [0.3, 0.4) is 0 Å². The van der Waals surface area contributed by atoms with Gasteiger partial charge in [0.1, 0.15) is 17.5 Å². The van der Waals surface area contributed by atoms with Crippen molar-refractivity contribution in [3.63, 3.8) is 0 Å². The second-order valence-electron chi connectivity index (χ2n) is 8.57. The van der Waals surface area contributed by atoms with E-state index < -0.39 is 23.8 Å². The molecule has 1 fully saturated rings. The molecular weight excluding hydrogens is 350 g/mol. The molecule has 2 aliphatic heterocycles. The fourth-order valence-electron chi connectivity index (χ4n) is 4.28. The van der Waals surface area contributed by atoms with E-state index in [4.69, 9.17) is 9.47 Å². The lowest BCUT2D eigenvalue weighted by atomic mass is 9.81. The number of nitrogens with zero attached hydrogens (tertiary/aromatic N) is 1. The smallest absolute Gasteiger partial charge is 0.308 e. The van der Waals surface area contributed by atoms with Crippen molar-refractivity contribution >= 4 is 11.7 Å². The van der Waals surface area contributed by atoms with Crippen LogP contribution in [-0.2, 0) is 16.0 Å². The van der Waals surface area contributed by atoms with Crippen LogP contribution in [0.15, 0.2) is 6.07 Å². The number of hydrogen-bond donors (Lipinski definition) is 1. The van der Waals surface area contributed by atoms with Gasteiger partial charge in [0, 0.05) is 41.5 Å². The van der Waals surface area contributed by atoms with E-state index in [1.165, 1.54) is 0 Å². The lowest BCUT2D eigenvalue weighted by Crippen LogP contribution is -2.36. The van der Waals surface area contributed by atoms with Gasteiger partial charge in [0.15, 0.2) is 0 Å². The molecule has 148 valence electrons. The van der Waals surface area contributed by atoms with Crippen LogP contribution in [-0.4, -0.2) is 33.8 Å². The van der Waals surface area contributed by atoms with E-state index in [0.717, 1.165) is 11.1 Å². The van der Waals surface area contributed by atoms with E-state index in [9.17, 15) is 20.0 Å². The van der Waals surface area contributed by atoms with Crippen LogP contribution in [0.1, 0.15) is 76.0 Å². The molecule has 2 heterocycles. The van der Waals surface area contributed by atoms with Gasteiger partial charge in [-0.2, -0.15) is 0 Å². The van der Waals surface area contributed by atoms with Crippen LogP contribution in [0.25, 0.3) is 0 Å². The molecule has 27 heavy (non-hydrogen) atoms. The summed E-state index contributed by atoms with van der Waals surface area (Å²) in [4.78, 5) is 23.3. The van der Waals surface area contributed by atoms with Crippen molar-refractivity contribution in [1.29, 1.82) is 0 Å². The summed E-state index contributed by atoms with van der Waals surface area (Å²) in [5, 5.41) is 21.8. The second kappa shape index (κ2) is 6.78. The van der Waals surface area contributed by atoms with Crippen molar-refractivity contribution in [1.82, 2.24) is 0 Å². The summed E-state index contributed by atoms with van der Waals surface area (Å²) in [7, 11) is 0. The number of fused-ring (bicyclic) bond motifs is 1. The number of rotatable bonds is 4. The Balaban J connectivity index is 2.18. The molecule has 7 heteroatoms. The minimum absolute atomic E-state index is 0.0170. The van der Waals surface area contributed by atoms with Gasteiger partial charge in [0.05, 0.1) is 17.4 Å². The number of carbonyl (C=O) groups is 1. The number of hydrogen-bond acceptors (Lipinski definition) is 6. The summed E-state index contributed by atoms with van der Waals surface area (Å²) in [5.74, 6) is -0.216. The molecular formula is C20H27NO6. The van der Waals surface area contributed by atoms with Gasteiger partial charge in [-0.3, -0.25) is 14.9 Å². The molecule has 2 aliphatic rings. The number of cyclic esters (lactones) is 1. The number of ether oxygens (including phenoxy) is 2. The van der Waals surface area contributed by atoms with Crippen molar-refractivity contribution < 1.29 is 24.3 Å². The van der Waals surface area contributed by atoms with Crippen molar-refractivity contribution in [2.24, 2.45) is 0 Å². The highest BCUT2D eigenvalue weighted by atomic mass is 16.6. The minimum atomic E-state index is -0.759. The van der Waals surface area contributed by atoms with Gasteiger partial charge in [-0.25, -0.2) is 0 Å². The Morgan fingerprint density at radius 2 is 1.96 bits per heavy atom. The van der Waals surface area contributed by atoms with Crippen LogP contribution in [0.2, 0.25) is 0 Å². The molecule has 0 saturated carbocycles. The van der Waals surface area contributed by atoms with Gasteiger partial charge in [0.25, 0.3) is 5.69 Å². The molecule has 1 aromatic rings. The number of esters is 1. The maximum Gasteiger partial charge on any atom is 0.308 e. The van der Waals surface area contributed by atoms with Crippen molar-refractivity contribution in [2.45, 2.75) is 83.5 Å². The normalized spacial score (nSPS) is 24.9. The fourth-order valence-corrected chi connectivity index (χ4v) is 4.28. The molecule has 0 amide bonds. The molecule has 0 spiro atoms. The van der Waals surface area contributed by atoms with E-state index >= 15 is 0 Å². The number of aliphatic hydroxyl groups is 1. The zero-order valence-corrected chi connectivity index (χ0v) is 16.4. The molecule has 0 bridgehead atoms. The molecule has 1 N–H and O–H groups in total. The first-order valence-electron chi connectivity index (χ1n) is 9.40. The van der Waals surface area contributed by atoms with Gasteiger partial charge in [-0.05, 0) is 19.8 Å². The Kier molecular flexibility index (Phi) is 4.93. The molecule has 0 aliphatic carbocycles. The van der Waals surface area contributed by atoms with E-state index in [1.54, 1.807) is 6.07 Å². The van der Waals surface area contributed by atoms with Crippen LogP contribution < -0.4 is 4.74 Å². The third kappa shape index (κ3) is 3.65. The first-order chi connectivity index (χ1) is 12.5. The van der Waals surface area contributed by atoms with Crippen LogP contribution in [0.4, 0.5) is 5.69 Å². The van der Waals surface area contributed by atoms with Crippen LogP contribution >= 0.6 is 0 Å². The number of benzene rings is 1. The van der Waals surface area contributed by atoms with Gasteiger partial charge in [0.2, 0.25) is 0 Å². The zero-order chi connectivity index (χ0) is 20.1. The second-order valence-corrected chi connectivity index (χ2v) is 8.57. The Hall–Kier alpha value is -2.15. The summed E-state index contributed by atoms with van der Waals surface area (Å²) in [6.07, 6.45) is -0.432. The molecule has 1 unspecified atom stereocenters. The average molecular weight is 377 g/mol. The van der Waals surface area contributed by atoms with Gasteiger partial charge >= 0.3 is 5.97 Å². The number of aliphatic hydroxyl groups excluding tert-OH is 1. The maximum atomic E-state index is 11.8. The summed E-state index contributed by atoms with van der Waals surface area (Å²) in [5.41, 5.74) is 1.77. The Morgan fingerprint density at radius 3 is 2.52 bits per heavy atom. The van der Waals surface area contributed by atoms with E-state index in [-0.39, 0.29) is 28.9 Å². The highest BCUT2D eigenvalue weighted by Crippen LogP contribution is 2.49. The largest absolute Gasteiger partial charge is 0.487 e. The van der Waals surface area contributed by atoms with Gasteiger partial charge in [-0.15, -0.1) is 0 Å². The van der Waals surface area contributed by atoms with Crippen LogP contribution in [0, 0.1) is 10.1 Å². The van der Waals surface area contributed by atoms with E-state index in [0.29, 0.717) is 24.2 Å². The quantitative estimate of drug-likeness (QED) is 0.489. The third-order valence-corrected chi connectivity index (χ3v) is 5.38. The molecule has 3 rings (SSSR count). The molecule has 0 radical (unpaired) electrons. The average Bonchev–Trinajstić information content (AvgIpc) is 2.84. The first-order valence-corrected chi connectivity index (χ1v) is 9.40. The Morgan fingerprint density at radius 1 is 1.30 bits per heavy atom. The summed E-state index contributed by atoms with van der Waals surface area (Å²) in [6.45, 7) is 9.61. The molecule has 0 aromatic heterocycles. The number of nitro groups is 1. The third-order valence-electron chi connectivity index (χ3n) is 5.38. The topological polar surface area (TPSA) is 98.9 Å². The van der Waals surface area contributed by atoms with Crippen molar-refractivity contribution in [3.8, 4) is 5.75 Å². The Labute approximate surface area is 158 Å². The summed E-state index contributed by atoms with van der Waals surface area (Å²) in [6, 6.07) is 1.62. The van der Waals surface area contributed by atoms with Crippen molar-refractivity contribution in [2.75, 3.05) is 0 Å². The highest BCUT2D eigenvalue weighted by molar-refractivity contribution is 5.71. The lowest BCUT2D eigenvalue weighted by Gasteiger charge is -2.33. The molecule has 7 nitrogen and oxygen atoms in total. The predicted molar refractivity (Wildman–Crippen MR) is 99.1 cm³/mol. The SMILES string of the molecule is CC(C)c1c([N+](=O)[O-])cc2c(c1C(C)[C@@H]1C[C@@H](O)CC(=O)O1)OC(C)(C)C2. The summed E-state index contributed by atoms with van der Waals surface area (Å²) < 4.78 is 11.7. The molecule has 1 aromatic carbocycles. The van der Waals surface area contributed by atoms with E-state index in [2.05, 4.69) is 0 Å². The first kappa shape index (κ1) is 19.6. The number of nitro benzene ring substituents is 1. The maximum absolute atomic E-state index is 11.8. The molecule has 3 atom stereocenters. The minimum Gasteiger partial charge on any atom is -0.487 e. The zero-order valence-electron chi connectivity index (χ0n) is 16.4. The standard InChI is InChI=1S/C20H27NO6/c1-10(2)17-14(21(24)25)6-12-9-20(4,5)27-19(12)18(17)11(3)15-7-13(22)8-16(23)26-15/h6,10-11,13,15,22H,7-9H2,1-5H3/t11?,13-,15+/m1/s1. The summed E-state index contributed by atoms with van der Waals surface area (Å²) >= 11 is 0. The monoisotopic (exact) mass is 377 g/mol. The number of carbonyl (C=O) groups excluding carboxylic acids is 1.